The van der Waals surface area contributed by atoms with Gasteiger partial charge in [-0.25, -0.2) is 4.79 Å². The van der Waals surface area contributed by atoms with Crippen LogP contribution in [0, 0.1) is 6.92 Å². The summed E-state index contributed by atoms with van der Waals surface area (Å²) in [7, 11) is 0. The van der Waals surface area contributed by atoms with Gasteiger partial charge in [0.2, 0.25) is 0 Å². The number of H-pyrrole nitrogens is 1. The lowest BCUT2D eigenvalue weighted by atomic mass is 9.91. The summed E-state index contributed by atoms with van der Waals surface area (Å²) in [5.41, 5.74) is -0.717. The minimum atomic E-state index is -0.907. The Balaban J connectivity index is 1.94. The number of aromatic nitrogens is 2. The summed E-state index contributed by atoms with van der Waals surface area (Å²) in [4.78, 5) is 25.2. The topological polar surface area (TPSA) is 117 Å². The molecule has 0 bridgehead atoms. The first-order chi connectivity index (χ1) is 9.02. The van der Waals surface area contributed by atoms with Crippen molar-refractivity contribution in [3.8, 4) is 0 Å². The monoisotopic (exact) mass is 269 g/mol. The largest absolute Gasteiger partial charge is 0.395 e. The molecule has 5 unspecified atom stereocenters. The number of nitrogens with zero attached hydrogens (tertiary/aromatic N) is 1. The fourth-order valence-electron chi connectivity index (χ4n) is 2.62. The first-order valence-corrected chi connectivity index (χ1v) is 6.05. The zero-order valence-electron chi connectivity index (χ0n) is 10.2. The highest BCUT2D eigenvalue weighted by atomic mass is 16.5. The lowest BCUT2D eigenvalue weighted by Gasteiger charge is -2.39. The second-order valence-corrected chi connectivity index (χ2v) is 4.94. The van der Waals surface area contributed by atoms with Crippen LogP contribution in [0.1, 0.15) is 11.8 Å². The Morgan fingerprint density at radius 2 is 2.21 bits per heavy atom. The van der Waals surface area contributed by atoms with E-state index in [1.807, 2.05) is 0 Å². The number of aromatic amines is 1. The maximum atomic E-state index is 11.8. The predicted molar refractivity (Wildman–Crippen MR) is 63.8 cm³/mol. The Morgan fingerprint density at radius 3 is 2.89 bits per heavy atom. The lowest BCUT2D eigenvalue weighted by Crippen LogP contribution is -2.67. The number of hydrogen-bond acceptors (Lipinski definition) is 6. The van der Waals surface area contributed by atoms with Crippen LogP contribution in [0.15, 0.2) is 15.8 Å². The molecule has 0 radical (unpaired) electrons. The summed E-state index contributed by atoms with van der Waals surface area (Å²) >= 11 is 0. The van der Waals surface area contributed by atoms with Crippen LogP contribution in [-0.2, 0) is 4.74 Å². The molecular weight excluding hydrogens is 254 g/mol. The predicted octanol–water partition coefficient (Wildman–Crippen LogP) is -2.56. The third-order valence-corrected chi connectivity index (χ3v) is 3.73. The van der Waals surface area contributed by atoms with E-state index in [1.165, 1.54) is 10.8 Å². The summed E-state index contributed by atoms with van der Waals surface area (Å²) in [6.45, 7) is 1.47. The van der Waals surface area contributed by atoms with E-state index in [-0.39, 0.29) is 24.8 Å². The number of nitrogens with one attached hydrogen (secondary N) is 2. The molecule has 1 aromatic heterocycles. The minimum Gasteiger partial charge on any atom is -0.395 e. The second-order valence-electron chi connectivity index (χ2n) is 4.94. The molecule has 1 aromatic rings. The highest BCUT2D eigenvalue weighted by molar-refractivity contribution is 5.10. The van der Waals surface area contributed by atoms with Gasteiger partial charge in [-0.15, -0.1) is 0 Å². The lowest BCUT2D eigenvalue weighted by molar-refractivity contribution is -0.0666. The van der Waals surface area contributed by atoms with Crippen LogP contribution < -0.4 is 16.6 Å². The van der Waals surface area contributed by atoms with Crippen LogP contribution >= 0.6 is 0 Å². The fraction of sp³-hybridized carbons (Fsp3) is 0.636. The van der Waals surface area contributed by atoms with E-state index < -0.39 is 23.6 Å². The third-order valence-electron chi connectivity index (χ3n) is 3.73. The van der Waals surface area contributed by atoms with E-state index in [0.717, 1.165) is 0 Å². The normalized spacial score (nSPS) is 36.9. The smallest absolute Gasteiger partial charge is 0.330 e. The van der Waals surface area contributed by atoms with Crippen molar-refractivity contribution in [1.29, 1.82) is 0 Å². The SMILES string of the molecule is Cc1cn(C2OC3C(CO)NC3C2O)c(=O)[nH]c1=O. The van der Waals surface area contributed by atoms with Gasteiger partial charge in [0.25, 0.3) is 5.56 Å². The molecule has 19 heavy (non-hydrogen) atoms. The van der Waals surface area contributed by atoms with Gasteiger partial charge in [-0.3, -0.25) is 14.3 Å². The Kier molecular flexibility index (Phi) is 2.82. The molecule has 2 aliphatic heterocycles. The summed E-state index contributed by atoms with van der Waals surface area (Å²) in [6.07, 6.45) is -0.727. The number of rotatable bonds is 2. The minimum absolute atomic E-state index is 0.0971. The van der Waals surface area contributed by atoms with Crippen molar-refractivity contribution in [3.63, 3.8) is 0 Å². The molecule has 0 aromatic carbocycles. The van der Waals surface area contributed by atoms with Crippen molar-refractivity contribution < 1.29 is 14.9 Å². The van der Waals surface area contributed by atoms with Crippen LogP contribution in [0.5, 0.6) is 0 Å². The summed E-state index contributed by atoms with van der Waals surface area (Å²) in [5, 5.41) is 22.2. The van der Waals surface area contributed by atoms with Crippen molar-refractivity contribution in [1.82, 2.24) is 14.9 Å². The number of aliphatic hydroxyl groups excluding tert-OH is 2. The molecule has 2 aliphatic rings. The Morgan fingerprint density at radius 1 is 1.47 bits per heavy atom. The van der Waals surface area contributed by atoms with Crippen molar-refractivity contribution in [2.24, 2.45) is 0 Å². The van der Waals surface area contributed by atoms with E-state index in [9.17, 15) is 14.7 Å². The van der Waals surface area contributed by atoms with Crippen molar-refractivity contribution in [2.75, 3.05) is 6.61 Å². The van der Waals surface area contributed by atoms with Gasteiger partial charge in [0, 0.05) is 11.8 Å². The molecule has 8 heteroatoms. The quantitative estimate of drug-likeness (QED) is 0.469. The number of hydrogen-bond donors (Lipinski definition) is 4. The first kappa shape index (κ1) is 12.5. The maximum Gasteiger partial charge on any atom is 0.330 e. The van der Waals surface area contributed by atoms with E-state index in [0.29, 0.717) is 5.56 Å². The van der Waals surface area contributed by atoms with Gasteiger partial charge in [-0.05, 0) is 6.92 Å². The van der Waals surface area contributed by atoms with Gasteiger partial charge in [-0.1, -0.05) is 0 Å². The van der Waals surface area contributed by atoms with Crippen LogP contribution in [0.25, 0.3) is 0 Å². The van der Waals surface area contributed by atoms with E-state index in [2.05, 4.69) is 10.3 Å². The third kappa shape index (κ3) is 1.76. The molecular formula is C11H15N3O5. The van der Waals surface area contributed by atoms with E-state index >= 15 is 0 Å². The van der Waals surface area contributed by atoms with Crippen molar-refractivity contribution in [3.05, 3.63) is 32.6 Å². The molecule has 0 aliphatic carbocycles. The zero-order chi connectivity index (χ0) is 13.7. The van der Waals surface area contributed by atoms with Crippen molar-refractivity contribution >= 4 is 0 Å². The molecule has 3 heterocycles. The molecule has 104 valence electrons. The molecule has 0 spiro atoms. The average molecular weight is 269 g/mol. The molecule has 2 saturated heterocycles. The van der Waals surface area contributed by atoms with Gasteiger partial charge >= 0.3 is 5.69 Å². The maximum absolute atomic E-state index is 11.8. The van der Waals surface area contributed by atoms with Crippen LogP contribution in [0.2, 0.25) is 0 Å². The summed E-state index contributed by atoms with van der Waals surface area (Å²) < 4.78 is 6.78. The summed E-state index contributed by atoms with van der Waals surface area (Å²) in [6, 6.07) is -0.537. The van der Waals surface area contributed by atoms with Gasteiger partial charge < -0.3 is 20.3 Å². The van der Waals surface area contributed by atoms with Crippen LogP contribution in [0.3, 0.4) is 0 Å². The van der Waals surface area contributed by atoms with E-state index in [4.69, 9.17) is 9.84 Å². The highest BCUT2D eigenvalue weighted by Gasteiger charge is 2.55. The number of fused-ring (bicyclic) bond motifs is 1. The van der Waals surface area contributed by atoms with Gasteiger partial charge in [-0.2, -0.15) is 0 Å². The first-order valence-electron chi connectivity index (χ1n) is 6.05. The van der Waals surface area contributed by atoms with Crippen LogP contribution in [0.4, 0.5) is 0 Å². The zero-order valence-corrected chi connectivity index (χ0v) is 10.2. The molecule has 2 fully saturated rings. The highest BCUT2D eigenvalue weighted by Crippen LogP contribution is 2.35. The molecule has 3 rings (SSSR count). The van der Waals surface area contributed by atoms with Crippen molar-refractivity contribution in [2.45, 2.75) is 37.4 Å². The van der Waals surface area contributed by atoms with E-state index in [1.54, 1.807) is 6.92 Å². The van der Waals surface area contributed by atoms with Gasteiger partial charge in [0.05, 0.1) is 24.8 Å². The number of aliphatic hydroxyl groups is 2. The molecule has 4 N–H and O–H groups in total. The molecule has 0 saturated carbocycles. The standard InChI is InChI=1S/C11H15N3O5/c1-4-2-14(11(18)13-9(4)17)10-7(16)6-8(19-10)5(3-15)12-6/h2,5-8,10,12,15-16H,3H2,1H3,(H,13,17,18). The van der Waals surface area contributed by atoms with Gasteiger partial charge in [0.15, 0.2) is 6.23 Å². The molecule has 8 nitrogen and oxygen atoms in total. The molecule has 0 amide bonds. The number of aryl methyl sites for hydroxylation is 1. The summed E-state index contributed by atoms with van der Waals surface area (Å²) in [5.74, 6) is 0. The second kappa shape index (κ2) is 4.27. The van der Waals surface area contributed by atoms with Gasteiger partial charge in [0.1, 0.15) is 6.10 Å². The Labute approximate surface area is 107 Å². The number of ether oxygens (including phenoxy) is 1. The Bertz CT molecular complexity index is 609. The average Bonchev–Trinajstić information content (AvgIpc) is 2.58. The molecule has 5 atom stereocenters. The Hall–Kier alpha value is -1.48. The fourth-order valence-corrected chi connectivity index (χ4v) is 2.62. The van der Waals surface area contributed by atoms with Crippen LogP contribution in [-0.4, -0.2) is 50.7 Å².